The van der Waals surface area contributed by atoms with Crippen molar-refractivity contribution in [2.24, 2.45) is 0 Å². The number of aromatic nitrogens is 4. The van der Waals surface area contributed by atoms with Gasteiger partial charge in [0, 0.05) is 76.6 Å². The van der Waals surface area contributed by atoms with Crippen molar-refractivity contribution >= 4 is 138 Å². The van der Waals surface area contributed by atoms with Gasteiger partial charge >= 0.3 is 0 Å². The predicted molar refractivity (Wildman–Crippen MR) is 355 cm³/mol. The normalized spacial score (nSPS) is 12.3. The molecule has 0 N–H and O–H groups in total. The van der Waals surface area contributed by atoms with E-state index < -0.39 is 0 Å². The lowest BCUT2D eigenvalue weighted by molar-refractivity contribution is 1.18. The molecule has 0 saturated heterocycles. The zero-order valence-electron chi connectivity index (χ0n) is 46.2. The van der Waals surface area contributed by atoms with Gasteiger partial charge in [-0.1, -0.05) is 120 Å². The van der Waals surface area contributed by atoms with E-state index in [9.17, 15) is 15.8 Å². The molecule has 0 bridgehead atoms. The molecule has 0 aliphatic carbocycles. The molecule has 13 aromatic carbocycles. The van der Waals surface area contributed by atoms with Crippen LogP contribution in [0.5, 0.6) is 0 Å². The maximum Gasteiger partial charge on any atom is 0.244 e. The Hall–Kier alpha value is -12.4. The summed E-state index contributed by atoms with van der Waals surface area (Å²) in [6.45, 7) is 7.62. The molecule has 4 aromatic heterocycles. The van der Waals surface area contributed by atoms with E-state index in [2.05, 4.69) is 229 Å². The third kappa shape index (κ3) is 6.06. The molecule has 2 aliphatic rings. The molecule has 2 aliphatic heterocycles. The largest absolute Gasteiger partial charge is 0.309 e. The van der Waals surface area contributed by atoms with Crippen LogP contribution in [-0.2, 0) is 0 Å². The quantitative estimate of drug-likeness (QED) is 0.130. The Kier molecular flexibility index (Phi) is 9.27. The van der Waals surface area contributed by atoms with Gasteiger partial charge < -0.3 is 18.3 Å². The monoisotopic (exact) mass is 1100 g/mol. The first-order valence-corrected chi connectivity index (χ1v) is 29.1. The van der Waals surface area contributed by atoms with Gasteiger partial charge in [0.1, 0.15) is 0 Å². The van der Waals surface area contributed by atoms with E-state index in [0.29, 0.717) is 22.4 Å². The topological polar surface area (TPSA) is 95.4 Å². The smallest absolute Gasteiger partial charge is 0.244 e. The first-order chi connectivity index (χ1) is 43.0. The van der Waals surface area contributed by atoms with Crippen LogP contribution in [-0.4, -0.2) is 25.0 Å². The summed E-state index contributed by atoms with van der Waals surface area (Å²) in [7, 11) is 0. The average Bonchev–Trinajstić information content (AvgIpc) is 1.66. The second kappa shape index (κ2) is 17.1. The second-order valence-corrected chi connectivity index (χ2v) is 23.1. The van der Waals surface area contributed by atoms with Gasteiger partial charge in [0.2, 0.25) is 6.71 Å². The molecule has 17 aromatic rings. The standard InChI is InChI=1S/C78H39BN8/c1-83-47-27-35-51(36-28-47)85-63-18-7-3-12-55(63)73-67(85)38-59-53-16-10-15-52-58-37-66-72(54-11-2-6-17-62(54)84(66)48-29-21-44(41-80)22-30-48)76-70(58)60(39-68-74(76)56-13-4-8-19-64(56)86(68)49-31-23-45(42-81)24-32-49)79(78(52)53)61-40-69-75(77(73)71(59)61)57-14-5-9-20-65(57)87(69)50-33-25-46(43-82)26-34-50/h2-40H. The molecule has 0 spiro atoms. The van der Waals surface area contributed by atoms with Gasteiger partial charge in [0.25, 0.3) is 0 Å². The van der Waals surface area contributed by atoms with Gasteiger partial charge in [-0.15, -0.1) is 0 Å². The SMILES string of the molecule is [C-]#[N+]c1ccc(-n2c3ccccc3c3c4c5c(cc6c4c4ccccc4n6-c4ccc(C#N)cc4)B4c6c(cccc6-c5cc32)-c2cc3c(c5ccccc5n3-c3ccc(C#N)cc3)c3c2c4cc2c3c3ccccc3n2-c2ccc(C#N)cc2)cc1. The number of nitriles is 3. The molecule has 0 saturated carbocycles. The Morgan fingerprint density at radius 1 is 0.299 bits per heavy atom. The number of hydrogen-bond acceptors (Lipinski definition) is 3. The third-order valence-electron chi connectivity index (χ3n) is 19.0. The minimum absolute atomic E-state index is 0.272. The molecule has 0 amide bonds. The summed E-state index contributed by atoms with van der Waals surface area (Å²) in [5, 5.41) is 44.2. The van der Waals surface area contributed by atoms with Gasteiger partial charge in [-0.3, -0.25) is 0 Å². The van der Waals surface area contributed by atoms with Gasteiger partial charge in [-0.2, -0.15) is 15.8 Å². The molecule has 394 valence electrons. The number of rotatable bonds is 4. The number of para-hydroxylation sites is 4. The number of nitrogens with zero attached hydrogens (tertiary/aromatic N) is 8. The summed E-state index contributed by atoms with van der Waals surface area (Å²) in [5.74, 6) is 0. The summed E-state index contributed by atoms with van der Waals surface area (Å²) in [6.07, 6.45) is 0. The first kappa shape index (κ1) is 47.1. The van der Waals surface area contributed by atoms with Crippen molar-refractivity contribution in [1.82, 2.24) is 18.3 Å². The van der Waals surface area contributed by atoms with Crippen LogP contribution in [0.4, 0.5) is 5.69 Å². The Labute approximate surface area is 496 Å². The van der Waals surface area contributed by atoms with Crippen LogP contribution in [0.3, 0.4) is 0 Å². The number of hydrogen-bond donors (Lipinski definition) is 0. The Bertz CT molecular complexity index is 5790. The second-order valence-electron chi connectivity index (χ2n) is 23.1. The van der Waals surface area contributed by atoms with Gasteiger partial charge in [0.05, 0.1) is 85.6 Å². The zero-order valence-corrected chi connectivity index (χ0v) is 46.2. The van der Waals surface area contributed by atoms with Gasteiger partial charge in [-0.25, -0.2) is 4.85 Å². The fourth-order valence-corrected chi connectivity index (χ4v) is 15.7. The molecule has 87 heavy (non-hydrogen) atoms. The lowest BCUT2D eigenvalue weighted by Gasteiger charge is -2.35. The van der Waals surface area contributed by atoms with Crippen LogP contribution in [0.2, 0.25) is 0 Å². The molecule has 0 unspecified atom stereocenters. The van der Waals surface area contributed by atoms with Crippen molar-refractivity contribution in [3.8, 4) is 63.2 Å². The minimum Gasteiger partial charge on any atom is -0.309 e. The third-order valence-corrected chi connectivity index (χ3v) is 19.0. The Morgan fingerprint density at radius 3 is 0.931 bits per heavy atom. The maximum atomic E-state index is 10.1. The van der Waals surface area contributed by atoms with Crippen molar-refractivity contribution < 1.29 is 0 Å². The molecule has 0 radical (unpaired) electrons. The van der Waals surface area contributed by atoms with Crippen LogP contribution >= 0.6 is 0 Å². The maximum absolute atomic E-state index is 10.1. The summed E-state index contributed by atoms with van der Waals surface area (Å²) >= 11 is 0. The van der Waals surface area contributed by atoms with Crippen molar-refractivity contribution in [3.63, 3.8) is 0 Å². The first-order valence-electron chi connectivity index (χ1n) is 29.1. The zero-order chi connectivity index (χ0) is 57.5. The molecular formula is C78H39BN8. The molecule has 0 atom stereocenters. The fourth-order valence-electron chi connectivity index (χ4n) is 15.7. The summed E-state index contributed by atoms with van der Waals surface area (Å²) in [6, 6.07) is 90.9. The number of fused-ring (bicyclic) bond motifs is 20. The molecular weight excluding hydrogens is 1060 g/mol. The molecule has 19 rings (SSSR count). The summed E-state index contributed by atoms with van der Waals surface area (Å²) < 4.78 is 9.59. The van der Waals surface area contributed by atoms with Crippen molar-refractivity contribution in [3.05, 3.63) is 265 Å². The highest BCUT2D eigenvalue weighted by molar-refractivity contribution is 7.02. The predicted octanol–water partition coefficient (Wildman–Crippen LogP) is 17.0. The molecule has 0 fully saturated rings. The van der Waals surface area contributed by atoms with Crippen LogP contribution in [0, 0.1) is 40.6 Å². The van der Waals surface area contributed by atoms with Crippen LogP contribution < -0.4 is 16.4 Å². The number of benzene rings is 13. The highest BCUT2D eigenvalue weighted by Gasteiger charge is 2.42. The molecule has 6 heterocycles. The molecule has 9 heteroatoms. The van der Waals surface area contributed by atoms with E-state index in [0.717, 1.165) is 121 Å². The van der Waals surface area contributed by atoms with E-state index >= 15 is 0 Å². The van der Waals surface area contributed by atoms with E-state index in [1.165, 1.54) is 49.1 Å². The minimum atomic E-state index is -0.272. The average molecular weight is 1100 g/mol. The molecule has 8 nitrogen and oxygen atoms in total. The van der Waals surface area contributed by atoms with Gasteiger partial charge in [-0.05, 0) is 166 Å². The van der Waals surface area contributed by atoms with Gasteiger partial charge in [0.15, 0.2) is 5.69 Å². The van der Waals surface area contributed by atoms with E-state index in [-0.39, 0.29) is 6.71 Å². The fraction of sp³-hybridized carbons (Fsp3) is 0. The Balaban J connectivity index is 1.06. The van der Waals surface area contributed by atoms with E-state index in [1.54, 1.807) is 0 Å². The Morgan fingerprint density at radius 2 is 0.609 bits per heavy atom. The van der Waals surface area contributed by atoms with Crippen LogP contribution in [0.15, 0.2) is 237 Å². The van der Waals surface area contributed by atoms with Crippen molar-refractivity contribution in [2.75, 3.05) is 0 Å². The lowest BCUT2D eigenvalue weighted by Crippen LogP contribution is -2.57. The van der Waals surface area contributed by atoms with Crippen LogP contribution in [0.25, 0.3) is 159 Å². The lowest BCUT2D eigenvalue weighted by atomic mass is 9.31. The van der Waals surface area contributed by atoms with E-state index in [4.69, 9.17) is 6.57 Å². The summed E-state index contributed by atoms with van der Waals surface area (Å²) in [4.78, 5) is 3.79. The highest BCUT2D eigenvalue weighted by Crippen LogP contribution is 2.52. The summed E-state index contributed by atoms with van der Waals surface area (Å²) in [5.41, 5.74) is 23.1. The van der Waals surface area contributed by atoms with Crippen molar-refractivity contribution in [2.45, 2.75) is 0 Å². The van der Waals surface area contributed by atoms with Crippen molar-refractivity contribution in [1.29, 1.82) is 15.8 Å². The van der Waals surface area contributed by atoms with E-state index in [1.807, 2.05) is 48.5 Å². The van der Waals surface area contributed by atoms with Crippen LogP contribution in [0.1, 0.15) is 16.7 Å². The highest BCUT2D eigenvalue weighted by atomic mass is 15.0.